The highest BCUT2D eigenvalue weighted by Crippen LogP contribution is 2.15. The zero-order valence-electron chi connectivity index (χ0n) is 9.86. The number of rotatable bonds is 4. The van der Waals surface area contributed by atoms with Crippen LogP contribution in [0.4, 0.5) is 10.1 Å². The van der Waals surface area contributed by atoms with Gasteiger partial charge in [0.25, 0.3) is 0 Å². The van der Waals surface area contributed by atoms with Gasteiger partial charge in [-0.2, -0.15) is 0 Å². The molecule has 0 aliphatic heterocycles. The Balaban J connectivity index is 2.06. The van der Waals surface area contributed by atoms with E-state index in [0.29, 0.717) is 17.1 Å². The highest BCUT2D eigenvalue weighted by molar-refractivity contribution is 6.30. The highest BCUT2D eigenvalue weighted by Gasteiger charge is 2.10. The number of carboxylic acid groups (broad SMARTS) is 1. The molecule has 0 unspecified atom stereocenters. The van der Waals surface area contributed by atoms with Crippen molar-refractivity contribution in [3.63, 3.8) is 0 Å². The zero-order valence-corrected chi connectivity index (χ0v) is 10.6. The van der Waals surface area contributed by atoms with Gasteiger partial charge in [0.1, 0.15) is 5.82 Å². The molecule has 2 aromatic carbocycles. The van der Waals surface area contributed by atoms with Crippen molar-refractivity contribution >= 4 is 23.3 Å². The van der Waals surface area contributed by atoms with Crippen molar-refractivity contribution in [2.75, 3.05) is 5.32 Å². The number of carbonyl (C=O) groups is 1. The second kappa shape index (κ2) is 5.71. The normalized spacial score (nSPS) is 10.2. The van der Waals surface area contributed by atoms with Crippen LogP contribution in [0.15, 0.2) is 42.5 Å². The Morgan fingerprint density at radius 3 is 2.47 bits per heavy atom. The first-order valence-corrected chi connectivity index (χ1v) is 5.95. The summed E-state index contributed by atoms with van der Waals surface area (Å²) in [6, 6.07) is 11.2. The Labute approximate surface area is 114 Å². The summed E-state index contributed by atoms with van der Waals surface area (Å²) in [7, 11) is 0. The second-order valence-corrected chi connectivity index (χ2v) is 4.42. The molecule has 0 fully saturated rings. The van der Waals surface area contributed by atoms with Gasteiger partial charge in [0.05, 0.1) is 5.56 Å². The van der Waals surface area contributed by atoms with E-state index in [-0.39, 0.29) is 5.56 Å². The minimum absolute atomic E-state index is 0.324. The SMILES string of the molecule is O=C(O)c1ccc(CNc2ccc(Cl)cc2)cc1F. The first-order chi connectivity index (χ1) is 9.06. The van der Waals surface area contributed by atoms with Crippen LogP contribution in [-0.2, 0) is 6.54 Å². The Morgan fingerprint density at radius 1 is 1.21 bits per heavy atom. The fraction of sp³-hybridized carbons (Fsp3) is 0.0714. The molecule has 0 bridgehead atoms. The van der Waals surface area contributed by atoms with Crippen LogP contribution in [-0.4, -0.2) is 11.1 Å². The fourth-order valence-electron chi connectivity index (χ4n) is 1.61. The molecule has 0 spiro atoms. The van der Waals surface area contributed by atoms with Gasteiger partial charge in [-0.1, -0.05) is 17.7 Å². The Bertz CT molecular complexity index is 599. The standard InChI is InChI=1S/C14H11ClFNO2/c15-10-2-4-11(5-3-10)17-8-9-1-6-12(14(18)19)13(16)7-9/h1-7,17H,8H2,(H,18,19). The van der Waals surface area contributed by atoms with Crippen LogP contribution >= 0.6 is 11.6 Å². The van der Waals surface area contributed by atoms with Crippen LogP contribution in [0.2, 0.25) is 5.02 Å². The van der Waals surface area contributed by atoms with Crippen molar-refractivity contribution in [1.82, 2.24) is 0 Å². The van der Waals surface area contributed by atoms with Gasteiger partial charge in [-0.15, -0.1) is 0 Å². The predicted octanol–water partition coefficient (Wildman–Crippen LogP) is 3.79. The van der Waals surface area contributed by atoms with Crippen LogP contribution in [0, 0.1) is 5.82 Å². The molecule has 0 radical (unpaired) electrons. The first kappa shape index (κ1) is 13.4. The third kappa shape index (κ3) is 3.45. The Hall–Kier alpha value is -2.07. The number of nitrogens with one attached hydrogen (secondary N) is 1. The lowest BCUT2D eigenvalue weighted by molar-refractivity contribution is 0.0692. The van der Waals surface area contributed by atoms with Crippen LogP contribution in [0.3, 0.4) is 0 Å². The summed E-state index contributed by atoms with van der Waals surface area (Å²) >= 11 is 5.76. The number of halogens is 2. The third-order valence-electron chi connectivity index (χ3n) is 2.60. The van der Waals surface area contributed by atoms with Crippen LogP contribution in [0.25, 0.3) is 0 Å². The molecule has 3 nitrogen and oxygen atoms in total. The molecule has 2 N–H and O–H groups in total. The summed E-state index contributed by atoms with van der Waals surface area (Å²) in [6.07, 6.45) is 0. The monoisotopic (exact) mass is 279 g/mol. The van der Waals surface area contributed by atoms with Gasteiger partial charge in [0, 0.05) is 17.3 Å². The Kier molecular flexibility index (Phi) is 4.02. The molecule has 0 saturated heterocycles. The zero-order chi connectivity index (χ0) is 13.8. The number of benzene rings is 2. The molecule has 5 heteroatoms. The van der Waals surface area contributed by atoms with Gasteiger partial charge >= 0.3 is 5.97 Å². The summed E-state index contributed by atoms with van der Waals surface area (Å²) in [6.45, 7) is 0.401. The number of aromatic carboxylic acids is 1. The van der Waals surface area contributed by atoms with Gasteiger partial charge in [0.15, 0.2) is 0 Å². The molecular weight excluding hydrogens is 269 g/mol. The molecule has 98 valence electrons. The molecule has 0 aromatic heterocycles. The molecule has 0 heterocycles. The summed E-state index contributed by atoms with van der Waals surface area (Å²) in [4.78, 5) is 10.7. The van der Waals surface area contributed by atoms with Crippen molar-refractivity contribution in [2.45, 2.75) is 6.54 Å². The summed E-state index contributed by atoms with van der Waals surface area (Å²) in [5.41, 5.74) is 1.19. The lowest BCUT2D eigenvalue weighted by Crippen LogP contribution is -2.04. The smallest absolute Gasteiger partial charge is 0.338 e. The minimum Gasteiger partial charge on any atom is -0.478 e. The number of anilines is 1. The van der Waals surface area contributed by atoms with Crippen LogP contribution in [0.5, 0.6) is 0 Å². The second-order valence-electron chi connectivity index (χ2n) is 3.98. The van der Waals surface area contributed by atoms with E-state index >= 15 is 0 Å². The average Bonchev–Trinajstić information content (AvgIpc) is 2.37. The average molecular weight is 280 g/mol. The molecule has 0 saturated carbocycles. The topological polar surface area (TPSA) is 49.3 Å². The maximum Gasteiger partial charge on any atom is 0.338 e. The molecule has 0 amide bonds. The first-order valence-electron chi connectivity index (χ1n) is 5.57. The van der Waals surface area contributed by atoms with E-state index in [2.05, 4.69) is 5.32 Å². The maximum atomic E-state index is 13.5. The lowest BCUT2D eigenvalue weighted by atomic mass is 10.1. The molecule has 2 aromatic rings. The largest absolute Gasteiger partial charge is 0.478 e. The van der Waals surface area contributed by atoms with E-state index in [1.165, 1.54) is 12.1 Å². The van der Waals surface area contributed by atoms with Gasteiger partial charge in [-0.05, 0) is 42.0 Å². The predicted molar refractivity (Wildman–Crippen MR) is 72.1 cm³/mol. The minimum atomic E-state index is -1.27. The maximum absolute atomic E-state index is 13.5. The summed E-state index contributed by atoms with van der Waals surface area (Å²) in [5.74, 6) is -2.00. The molecule has 2 rings (SSSR count). The van der Waals surface area contributed by atoms with E-state index in [4.69, 9.17) is 16.7 Å². The van der Waals surface area contributed by atoms with Crippen LogP contribution in [0.1, 0.15) is 15.9 Å². The number of carboxylic acids is 1. The Morgan fingerprint density at radius 2 is 1.89 bits per heavy atom. The quantitative estimate of drug-likeness (QED) is 0.895. The van der Waals surface area contributed by atoms with E-state index in [9.17, 15) is 9.18 Å². The molecular formula is C14H11ClFNO2. The van der Waals surface area contributed by atoms with Crippen molar-refractivity contribution in [1.29, 1.82) is 0 Å². The van der Waals surface area contributed by atoms with Gasteiger partial charge in [-0.25, -0.2) is 9.18 Å². The number of hydrogen-bond acceptors (Lipinski definition) is 2. The molecule has 0 aliphatic carbocycles. The van der Waals surface area contributed by atoms with E-state index in [1.807, 2.05) is 12.1 Å². The molecule has 0 aliphatic rings. The van der Waals surface area contributed by atoms with E-state index in [1.54, 1.807) is 18.2 Å². The van der Waals surface area contributed by atoms with Gasteiger partial charge in [-0.3, -0.25) is 0 Å². The van der Waals surface area contributed by atoms with Gasteiger partial charge < -0.3 is 10.4 Å². The molecule has 19 heavy (non-hydrogen) atoms. The van der Waals surface area contributed by atoms with Crippen molar-refractivity contribution in [3.8, 4) is 0 Å². The summed E-state index contributed by atoms with van der Waals surface area (Å²) < 4.78 is 13.5. The van der Waals surface area contributed by atoms with E-state index < -0.39 is 11.8 Å². The van der Waals surface area contributed by atoms with Crippen molar-refractivity contribution < 1.29 is 14.3 Å². The van der Waals surface area contributed by atoms with E-state index in [0.717, 1.165) is 5.69 Å². The fourth-order valence-corrected chi connectivity index (χ4v) is 1.74. The molecule has 0 atom stereocenters. The third-order valence-corrected chi connectivity index (χ3v) is 2.86. The van der Waals surface area contributed by atoms with Crippen LogP contribution < -0.4 is 5.32 Å². The highest BCUT2D eigenvalue weighted by atomic mass is 35.5. The summed E-state index contributed by atoms with van der Waals surface area (Å²) in [5, 5.41) is 12.5. The lowest BCUT2D eigenvalue weighted by Gasteiger charge is -2.07. The van der Waals surface area contributed by atoms with Crippen molar-refractivity contribution in [3.05, 3.63) is 64.4 Å². The number of hydrogen-bond donors (Lipinski definition) is 2. The van der Waals surface area contributed by atoms with Crippen molar-refractivity contribution in [2.24, 2.45) is 0 Å². The van der Waals surface area contributed by atoms with Gasteiger partial charge in [0.2, 0.25) is 0 Å².